The van der Waals surface area contributed by atoms with Gasteiger partial charge in [-0.15, -0.1) is 6.42 Å². The molecular formula is C9H15N. The van der Waals surface area contributed by atoms with Gasteiger partial charge in [-0.2, -0.15) is 0 Å². The van der Waals surface area contributed by atoms with Gasteiger partial charge in [0.05, 0.1) is 6.04 Å². The molecule has 0 saturated heterocycles. The smallest absolute Gasteiger partial charge is 0.0660 e. The molecule has 1 fully saturated rings. The number of hydrogen-bond donors (Lipinski definition) is 1. The molecule has 0 amide bonds. The van der Waals surface area contributed by atoms with E-state index in [0.29, 0.717) is 11.5 Å². The number of terminal acetylenes is 1. The van der Waals surface area contributed by atoms with Crippen molar-refractivity contribution in [3.8, 4) is 12.3 Å². The third-order valence-electron chi connectivity index (χ3n) is 2.21. The lowest BCUT2D eigenvalue weighted by molar-refractivity contribution is 0.526. The lowest BCUT2D eigenvalue weighted by Crippen LogP contribution is -2.29. The third kappa shape index (κ3) is 1.52. The number of nitrogens with one attached hydrogen (secondary N) is 1. The SMILES string of the molecule is C#CC(C)NC1CC1(C)C. The number of hydrogen-bond acceptors (Lipinski definition) is 1. The molecule has 0 aromatic heterocycles. The molecule has 56 valence electrons. The van der Waals surface area contributed by atoms with E-state index in [-0.39, 0.29) is 6.04 Å². The zero-order chi connectivity index (χ0) is 7.78. The molecule has 0 aromatic carbocycles. The molecule has 0 aromatic rings. The first kappa shape index (κ1) is 7.63. The second-order valence-electron chi connectivity index (χ2n) is 3.80. The van der Waals surface area contributed by atoms with Crippen molar-refractivity contribution in [2.45, 2.75) is 39.3 Å². The maximum atomic E-state index is 5.22. The summed E-state index contributed by atoms with van der Waals surface area (Å²) in [5, 5.41) is 3.36. The van der Waals surface area contributed by atoms with Crippen molar-refractivity contribution in [3.05, 3.63) is 0 Å². The minimum absolute atomic E-state index is 0.228. The Morgan fingerprint density at radius 1 is 1.70 bits per heavy atom. The Balaban J connectivity index is 2.26. The summed E-state index contributed by atoms with van der Waals surface area (Å²) < 4.78 is 0. The van der Waals surface area contributed by atoms with Gasteiger partial charge in [-0.1, -0.05) is 19.8 Å². The fourth-order valence-electron chi connectivity index (χ4n) is 1.10. The zero-order valence-electron chi connectivity index (χ0n) is 6.94. The maximum absolute atomic E-state index is 5.22. The summed E-state index contributed by atoms with van der Waals surface area (Å²) in [6.45, 7) is 6.54. The van der Waals surface area contributed by atoms with Gasteiger partial charge in [0, 0.05) is 6.04 Å². The summed E-state index contributed by atoms with van der Waals surface area (Å²) in [5.74, 6) is 2.66. The van der Waals surface area contributed by atoms with Crippen LogP contribution in [0.15, 0.2) is 0 Å². The van der Waals surface area contributed by atoms with Crippen molar-refractivity contribution < 1.29 is 0 Å². The summed E-state index contributed by atoms with van der Waals surface area (Å²) in [5.41, 5.74) is 0.491. The van der Waals surface area contributed by atoms with E-state index in [1.165, 1.54) is 6.42 Å². The fraction of sp³-hybridized carbons (Fsp3) is 0.778. The molecule has 1 aliphatic carbocycles. The first-order chi connectivity index (χ1) is 4.56. The van der Waals surface area contributed by atoms with E-state index < -0.39 is 0 Å². The van der Waals surface area contributed by atoms with Crippen LogP contribution in [0.4, 0.5) is 0 Å². The van der Waals surface area contributed by atoms with Crippen molar-refractivity contribution in [3.63, 3.8) is 0 Å². The third-order valence-corrected chi connectivity index (χ3v) is 2.21. The molecule has 0 heterocycles. The van der Waals surface area contributed by atoms with Crippen molar-refractivity contribution in [1.29, 1.82) is 0 Å². The molecule has 1 heteroatoms. The highest BCUT2D eigenvalue weighted by Crippen LogP contribution is 2.44. The minimum Gasteiger partial charge on any atom is -0.301 e. The van der Waals surface area contributed by atoms with Gasteiger partial charge in [-0.05, 0) is 18.8 Å². The highest BCUT2D eigenvalue weighted by atomic mass is 15.0. The highest BCUT2D eigenvalue weighted by Gasteiger charge is 2.45. The van der Waals surface area contributed by atoms with Gasteiger partial charge in [0.25, 0.3) is 0 Å². The summed E-state index contributed by atoms with van der Waals surface area (Å²) in [6, 6.07) is 0.880. The Morgan fingerprint density at radius 3 is 2.50 bits per heavy atom. The zero-order valence-corrected chi connectivity index (χ0v) is 6.94. The topological polar surface area (TPSA) is 12.0 Å². The van der Waals surface area contributed by atoms with Gasteiger partial charge in [-0.3, -0.25) is 0 Å². The second kappa shape index (κ2) is 2.29. The largest absolute Gasteiger partial charge is 0.301 e. The van der Waals surface area contributed by atoms with Crippen molar-refractivity contribution in [2.75, 3.05) is 0 Å². The first-order valence-corrected chi connectivity index (χ1v) is 3.78. The molecule has 1 N–H and O–H groups in total. The number of rotatable bonds is 2. The van der Waals surface area contributed by atoms with E-state index in [0.717, 1.165) is 0 Å². The van der Waals surface area contributed by atoms with Gasteiger partial charge in [0.2, 0.25) is 0 Å². The van der Waals surface area contributed by atoms with Crippen molar-refractivity contribution >= 4 is 0 Å². The van der Waals surface area contributed by atoms with E-state index in [1.807, 2.05) is 6.92 Å². The predicted octanol–water partition coefficient (Wildman–Crippen LogP) is 1.40. The van der Waals surface area contributed by atoms with Gasteiger partial charge < -0.3 is 5.32 Å². The highest BCUT2D eigenvalue weighted by molar-refractivity contribution is 5.06. The van der Waals surface area contributed by atoms with E-state index in [4.69, 9.17) is 6.42 Å². The Kier molecular flexibility index (Phi) is 1.74. The molecule has 2 atom stereocenters. The summed E-state index contributed by atoms with van der Waals surface area (Å²) in [4.78, 5) is 0. The molecule has 10 heavy (non-hydrogen) atoms. The van der Waals surface area contributed by atoms with Gasteiger partial charge >= 0.3 is 0 Å². The molecule has 0 bridgehead atoms. The Labute approximate surface area is 63.2 Å². The molecular weight excluding hydrogens is 122 g/mol. The molecule has 1 aliphatic rings. The van der Waals surface area contributed by atoms with Gasteiger partial charge in [0.1, 0.15) is 0 Å². The van der Waals surface area contributed by atoms with Crippen LogP contribution in [0.3, 0.4) is 0 Å². The van der Waals surface area contributed by atoms with E-state index in [9.17, 15) is 0 Å². The molecule has 0 spiro atoms. The van der Waals surface area contributed by atoms with E-state index in [2.05, 4.69) is 25.1 Å². The maximum Gasteiger partial charge on any atom is 0.0660 e. The predicted molar refractivity (Wildman–Crippen MR) is 43.6 cm³/mol. The lowest BCUT2D eigenvalue weighted by atomic mass is 10.2. The van der Waals surface area contributed by atoms with E-state index >= 15 is 0 Å². The average molecular weight is 137 g/mol. The van der Waals surface area contributed by atoms with Crippen LogP contribution < -0.4 is 5.32 Å². The molecule has 0 aliphatic heterocycles. The quantitative estimate of drug-likeness (QED) is 0.567. The van der Waals surface area contributed by atoms with Crippen LogP contribution in [-0.4, -0.2) is 12.1 Å². The minimum atomic E-state index is 0.228. The van der Waals surface area contributed by atoms with Crippen LogP contribution in [-0.2, 0) is 0 Å². The molecule has 1 saturated carbocycles. The van der Waals surface area contributed by atoms with Gasteiger partial charge in [0.15, 0.2) is 0 Å². The van der Waals surface area contributed by atoms with Crippen molar-refractivity contribution in [1.82, 2.24) is 5.32 Å². The average Bonchev–Trinajstić information content (AvgIpc) is 2.40. The van der Waals surface area contributed by atoms with Crippen LogP contribution >= 0.6 is 0 Å². The Hall–Kier alpha value is -0.480. The Bertz CT molecular complexity index is 164. The fourth-order valence-corrected chi connectivity index (χ4v) is 1.10. The second-order valence-corrected chi connectivity index (χ2v) is 3.80. The molecule has 2 unspecified atom stereocenters. The van der Waals surface area contributed by atoms with Crippen LogP contribution in [0.1, 0.15) is 27.2 Å². The first-order valence-electron chi connectivity index (χ1n) is 3.78. The monoisotopic (exact) mass is 137 g/mol. The summed E-state index contributed by atoms with van der Waals surface area (Å²) in [6.07, 6.45) is 6.49. The Morgan fingerprint density at radius 2 is 2.20 bits per heavy atom. The molecule has 1 nitrogen and oxygen atoms in total. The molecule has 0 radical (unpaired) electrons. The summed E-state index contributed by atoms with van der Waals surface area (Å²) >= 11 is 0. The van der Waals surface area contributed by atoms with E-state index in [1.54, 1.807) is 0 Å². The van der Waals surface area contributed by atoms with Crippen molar-refractivity contribution in [2.24, 2.45) is 5.41 Å². The standard InChI is InChI=1S/C9H15N/c1-5-7(2)10-8-6-9(8,3)4/h1,7-8,10H,6H2,2-4H3. The normalized spacial score (nSPS) is 30.8. The van der Waals surface area contributed by atoms with Crippen LogP contribution in [0.5, 0.6) is 0 Å². The molecule has 1 rings (SSSR count). The van der Waals surface area contributed by atoms with Crippen LogP contribution in [0.2, 0.25) is 0 Å². The van der Waals surface area contributed by atoms with Crippen LogP contribution in [0, 0.1) is 17.8 Å². The summed E-state index contributed by atoms with van der Waals surface area (Å²) in [7, 11) is 0. The van der Waals surface area contributed by atoms with Crippen LogP contribution in [0.25, 0.3) is 0 Å². The van der Waals surface area contributed by atoms with Gasteiger partial charge in [-0.25, -0.2) is 0 Å². The lowest BCUT2D eigenvalue weighted by Gasteiger charge is -2.08.